The molecule has 0 saturated carbocycles. The highest BCUT2D eigenvalue weighted by atomic mass is 32.2. The maximum absolute atomic E-state index is 12.9. The molecule has 144 valence electrons. The topological polar surface area (TPSA) is 71.1 Å². The molecule has 8 heteroatoms. The summed E-state index contributed by atoms with van der Waals surface area (Å²) in [4.78, 5) is 28.4. The molecule has 0 aliphatic heterocycles. The van der Waals surface area contributed by atoms with E-state index in [1.807, 2.05) is 35.7 Å². The number of thioether (sulfide) groups is 1. The number of hydrogen-bond donors (Lipinski definition) is 2. The second-order valence-electron chi connectivity index (χ2n) is 5.89. The fraction of sp³-hybridized carbons (Fsp3) is 0.150. The molecule has 0 unspecified atom stereocenters. The second-order valence-corrected chi connectivity index (χ2v) is 7.97. The Morgan fingerprint density at radius 2 is 1.79 bits per heavy atom. The van der Waals surface area contributed by atoms with Crippen molar-refractivity contribution in [1.82, 2.24) is 10.3 Å². The summed E-state index contributed by atoms with van der Waals surface area (Å²) in [6.07, 6.45) is 0.200. The van der Waals surface area contributed by atoms with E-state index in [1.165, 1.54) is 47.4 Å². The number of aromatic nitrogens is 1. The third kappa shape index (κ3) is 6.47. The molecule has 0 radical (unpaired) electrons. The lowest BCUT2D eigenvalue weighted by Crippen LogP contribution is -2.24. The molecule has 28 heavy (non-hydrogen) atoms. The number of anilines is 1. The van der Waals surface area contributed by atoms with Gasteiger partial charge >= 0.3 is 0 Å². The van der Waals surface area contributed by atoms with Gasteiger partial charge in [0.1, 0.15) is 5.82 Å². The van der Waals surface area contributed by atoms with Crippen LogP contribution in [0.4, 0.5) is 10.1 Å². The summed E-state index contributed by atoms with van der Waals surface area (Å²) in [5.41, 5.74) is 2.26. The Bertz CT molecular complexity index is 930. The van der Waals surface area contributed by atoms with Crippen LogP contribution >= 0.6 is 23.1 Å². The highest BCUT2D eigenvalue weighted by Crippen LogP contribution is 2.23. The van der Waals surface area contributed by atoms with E-state index in [9.17, 15) is 14.0 Å². The van der Waals surface area contributed by atoms with Gasteiger partial charge in [-0.05, 0) is 29.8 Å². The summed E-state index contributed by atoms with van der Waals surface area (Å²) in [5, 5.41) is 7.38. The zero-order valence-corrected chi connectivity index (χ0v) is 16.5. The largest absolute Gasteiger partial charge is 0.352 e. The third-order valence-electron chi connectivity index (χ3n) is 3.66. The average molecular weight is 416 g/mol. The number of rotatable bonds is 8. The van der Waals surface area contributed by atoms with E-state index in [0.717, 1.165) is 9.90 Å². The third-order valence-corrected chi connectivity index (χ3v) is 5.73. The molecular formula is C20H18FN3O2S2. The van der Waals surface area contributed by atoms with Crippen molar-refractivity contribution in [2.75, 3.05) is 11.1 Å². The van der Waals surface area contributed by atoms with Crippen molar-refractivity contribution in [3.8, 4) is 0 Å². The van der Waals surface area contributed by atoms with Crippen LogP contribution in [-0.2, 0) is 22.6 Å². The highest BCUT2D eigenvalue weighted by Gasteiger charge is 2.10. The van der Waals surface area contributed by atoms with Crippen LogP contribution in [0, 0.1) is 5.82 Å². The summed E-state index contributed by atoms with van der Waals surface area (Å²) >= 11 is 2.70. The fourth-order valence-electron chi connectivity index (χ4n) is 2.32. The Kier molecular flexibility index (Phi) is 7.16. The molecule has 1 aromatic heterocycles. The normalized spacial score (nSPS) is 10.5. The van der Waals surface area contributed by atoms with E-state index in [4.69, 9.17) is 0 Å². The van der Waals surface area contributed by atoms with Gasteiger partial charge in [-0.2, -0.15) is 0 Å². The molecule has 0 spiro atoms. The van der Waals surface area contributed by atoms with E-state index in [0.29, 0.717) is 17.9 Å². The fourth-order valence-corrected chi connectivity index (χ4v) is 3.96. The van der Waals surface area contributed by atoms with Gasteiger partial charge in [0.2, 0.25) is 11.8 Å². The molecule has 3 aromatic rings. The summed E-state index contributed by atoms with van der Waals surface area (Å²) in [6, 6.07) is 15.3. The number of carbonyl (C=O) groups excluding carboxylic acids is 2. The van der Waals surface area contributed by atoms with Gasteiger partial charge in [0, 0.05) is 17.6 Å². The molecule has 2 aromatic carbocycles. The van der Waals surface area contributed by atoms with Gasteiger partial charge in [-0.25, -0.2) is 9.37 Å². The first-order valence-corrected chi connectivity index (χ1v) is 10.4. The smallest absolute Gasteiger partial charge is 0.234 e. The number of nitrogens with zero attached hydrogens (tertiary/aromatic N) is 1. The lowest BCUT2D eigenvalue weighted by Gasteiger charge is -2.04. The van der Waals surface area contributed by atoms with Crippen molar-refractivity contribution in [1.29, 1.82) is 0 Å². The van der Waals surface area contributed by atoms with Crippen LogP contribution < -0.4 is 10.6 Å². The van der Waals surface area contributed by atoms with Gasteiger partial charge in [-0.1, -0.05) is 42.1 Å². The molecule has 3 rings (SSSR count). The zero-order chi connectivity index (χ0) is 19.8. The number of thiazole rings is 1. The molecule has 2 amide bonds. The van der Waals surface area contributed by atoms with Crippen LogP contribution in [0.5, 0.6) is 0 Å². The molecule has 1 heterocycles. The van der Waals surface area contributed by atoms with Crippen molar-refractivity contribution in [3.63, 3.8) is 0 Å². The van der Waals surface area contributed by atoms with Crippen molar-refractivity contribution >= 4 is 40.6 Å². The summed E-state index contributed by atoms with van der Waals surface area (Å²) < 4.78 is 13.6. The Morgan fingerprint density at radius 3 is 2.54 bits per heavy atom. The van der Waals surface area contributed by atoms with Gasteiger partial charge in [-0.15, -0.1) is 11.3 Å². The van der Waals surface area contributed by atoms with Crippen molar-refractivity contribution in [3.05, 3.63) is 77.1 Å². The number of nitrogens with one attached hydrogen (secondary N) is 2. The number of carbonyl (C=O) groups is 2. The minimum atomic E-state index is -0.351. The maximum Gasteiger partial charge on any atom is 0.234 e. The SMILES string of the molecule is O=C(Cc1csc(SCC(=O)Nc2ccc(F)cc2)n1)NCc1ccccc1. The molecule has 2 N–H and O–H groups in total. The highest BCUT2D eigenvalue weighted by molar-refractivity contribution is 8.01. The number of benzene rings is 2. The van der Waals surface area contributed by atoms with Gasteiger partial charge in [0.25, 0.3) is 0 Å². The number of hydrogen-bond acceptors (Lipinski definition) is 5. The van der Waals surface area contributed by atoms with Crippen LogP contribution in [0.3, 0.4) is 0 Å². The van der Waals surface area contributed by atoms with E-state index >= 15 is 0 Å². The van der Waals surface area contributed by atoms with Crippen LogP contribution in [0.2, 0.25) is 0 Å². The van der Waals surface area contributed by atoms with Crippen LogP contribution in [-0.4, -0.2) is 22.6 Å². The lowest BCUT2D eigenvalue weighted by atomic mass is 10.2. The van der Waals surface area contributed by atoms with Gasteiger partial charge in [-0.3, -0.25) is 9.59 Å². The van der Waals surface area contributed by atoms with Crippen molar-refractivity contribution in [2.45, 2.75) is 17.3 Å². The predicted octanol–water partition coefficient (Wildman–Crippen LogP) is 3.87. The number of amides is 2. The van der Waals surface area contributed by atoms with Gasteiger partial charge in [0.15, 0.2) is 4.34 Å². The molecule has 0 aliphatic rings. The quantitative estimate of drug-likeness (QED) is 0.548. The maximum atomic E-state index is 12.9. The minimum Gasteiger partial charge on any atom is -0.352 e. The zero-order valence-electron chi connectivity index (χ0n) is 14.9. The molecule has 0 atom stereocenters. The molecular weight excluding hydrogens is 397 g/mol. The minimum absolute atomic E-state index is 0.0974. The summed E-state index contributed by atoms with van der Waals surface area (Å²) in [5.74, 6) is -0.464. The Hall–Kier alpha value is -2.71. The molecule has 0 fully saturated rings. The predicted molar refractivity (Wildman–Crippen MR) is 110 cm³/mol. The molecule has 0 bridgehead atoms. The molecule has 5 nitrogen and oxygen atoms in total. The van der Waals surface area contributed by atoms with E-state index in [-0.39, 0.29) is 29.8 Å². The van der Waals surface area contributed by atoms with Crippen molar-refractivity contribution < 1.29 is 14.0 Å². The second kappa shape index (κ2) is 10.0. The summed E-state index contributed by atoms with van der Waals surface area (Å²) in [7, 11) is 0. The summed E-state index contributed by atoms with van der Waals surface area (Å²) in [6.45, 7) is 0.481. The Morgan fingerprint density at radius 1 is 1.04 bits per heavy atom. The van der Waals surface area contributed by atoms with Crippen molar-refractivity contribution in [2.24, 2.45) is 0 Å². The first kappa shape index (κ1) is 20.0. The van der Waals surface area contributed by atoms with Crippen LogP contribution in [0.15, 0.2) is 64.3 Å². The first-order chi connectivity index (χ1) is 13.6. The monoisotopic (exact) mass is 415 g/mol. The average Bonchev–Trinajstić information content (AvgIpc) is 3.15. The Labute approximate surface area is 170 Å². The molecule has 0 aliphatic carbocycles. The van der Waals surface area contributed by atoms with Gasteiger partial charge < -0.3 is 10.6 Å². The number of halogens is 1. The van der Waals surface area contributed by atoms with Gasteiger partial charge in [0.05, 0.1) is 17.9 Å². The van der Waals surface area contributed by atoms with Crippen LogP contribution in [0.1, 0.15) is 11.3 Å². The standard InChI is InChI=1S/C20H18FN3O2S2/c21-15-6-8-16(9-7-15)23-19(26)13-28-20-24-17(12-27-20)10-18(25)22-11-14-4-2-1-3-5-14/h1-9,12H,10-11,13H2,(H,22,25)(H,23,26). The van der Waals surface area contributed by atoms with E-state index in [1.54, 1.807) is 0 Å². The van der Waals surface area contributed by atoms with E-state index in [2.05, 4.69) is 15.6 Å². The van der Waals surface area contributed by atoms with E-state index < -0.39 is 0 Å². The lowest BCUT2D eigenvalue weighted by molar-refractivity contribution is -0.120. The van der Waals surface area contributed by atoms with Crippen LogP contribution in [0.25, 0.3) is 0 Å². The first-order valence-electron chi connectivity index (χ1n) is 8.52. The molecule has 0 saturated heterocycles. The Balaban J connectivity index is 1.41.